The van der Waals surface area contributed by atoms with Crippen LogP contribution in [0.2, 0.25) is 0 Å². The highest BCUT2D eigenvalue weighted by Gasteiger charge is 2.20. The predicted octanol–water partition coefficient (Wildman–Crippen LogP) is 2.56. The maximum absolute atomic E-state index is 13.5. The van der Waals surface area contributed by atoms with E-state index in [4.69, 9.17) is 4.74 Å². The molecule has 1 aliphatic heterocycles. The summed E-state index contributed by atoms with van der Waals surface area (Å²) in [6.07, 6.45) is 0.146. The van der Waals surface area contributed by atoms with Crippen LogP contribution in [-0.4, -0.2) is 36.0 Å². The molecule has 2 rings (SSSR count). The first-order valence-corrected chi connectivity index (χ1v) is 6.65. The van der Waals surface area contributed by atoms with Crippen LogP contribution in [0.1, 0.15) is 5.56 Å². The summed E-state index contributed by atoms with van der Waals surface area (Å²) in [4.78, 5) is 2.12. The van der Waals surface area contributed by atoms with Crippen molar-refractivity contribution in [3.8, 4) is 0 Å². The van der Waals surface area contributed by atoms with Gasteiger partial charge in [0.15, 0.2) is 0 Å². The fourth-order valence-corrected chi connectivity index (χ4v) is 2.30. The Morgan fingerprint density at radius 1 is 1.41 bits per heavy atom. The molecule has 0 bridgehead atoms. The first kappa shape index (κ1) is 12.9. The van der Waals surface area contributed by atoms with Crippen molar-refractivity contribution in [2.24, 2.45) is 0 Å². The van der Waals surface area contributed by atoms with Gasteiger partial charge in [0.25, 0.3) is 0 Å². The number of alkyl halides is 1. The van der Waals surface area contributed by atoms with Gasteiger partial charge in [-0.25, -0.2) is 8.78 Å². The van der Waals surface area contributed by atoms with Crippen LogP contribution in [-0.2, 0) is 11.3 Å². The highest BCUT2D eigenvalue weighted by Crippen LogP contribution is 2.15. The Balaban J connectivity index is 2.00. The zero-order chi connectivity index (χ0) is 12.3. The number of ether oxygens (including phenoxy) is 1. The SMILES string of the molecule is Fc1ccc(CN2CCOC(CBr)C2)c(F)c1. The van der Waals surface area contributed by atoms with Crippen molar-refractivity contribution in [2.75, 3.05) is 25.0 Å². The van der Waals surface area contributed by atoms with E-state index >= 15 is 0 Å². The highest BCUT2D eigenvalue weighted by molar-refractivity contribution is 9.09. The molecule has 0 aromatic heterocycles. The van der Waals surface area contributed by atoms with Gasteiger partial charge in [-0.3, -0.25) is 4.90 Å². The number of morpholine rings is 1. The molecule has 17 heavy (non-hydrogen) atoms. The molecule has 5 heteroatoms. The minimum Gasteiger partial charge on any atom is -0.375 e. The molecule has 1 saturated heterocycles. The van der Waals surface area contributed by atoms with Gasteiger partial charge in [0.2, 0.25) is 0 Å². The lowest BCUT2D eigenvalue weighted by Gasteiger charge is -2.32. The Bertz CT molecular complexity index is 389. The Kier molecular flexibility index (Phi) is 4.48. The summed E-state index contributed by atoms with van der Waals surface area (Å²) in [5, 5.41) is 0.773. The third kappa shape index (κ3) is 3.47. The predicted molar refractivity (Wildman–Crippen MR) is 65.2 cm³/mol. The zero-order valence-corrected chi connectivity index (χ0v) is 10.9. The van der Waals surface area contributed by atoms with Crippen molar-refractivity contribution in [1.82, 2.24) is 4.90 Å². The van der Waals surface area contributed by atoms with Gasteiger partial charge >= 0.3 is 0 Å². The summed E-state index contributed by atoms with van der Waals surface area (Å²) in [5.74, 6) is -1.02. The number of halogens is 3. The van der Waals surface area contributed by atoms with Crippen molar-refractivity contribution in [2.45, 2.75) is 12.6 Å². The summed E-state index contributed by atoms with van der Waals surface area (Å²) in [6, 6.07) is 3.72. The van der Waals surface area contributed by atoms with Crippen LogP contribution in [0.25, 0.3) is 0 Å². The normalized spacial score (nSPS) is 21.7. The molecular formula is C12H14BrF2NO. The molecule has 0 amide bonds. The molecule has 0 radical (unpaired) electrons. The van der Waals surface area contributed by atoms with E-state index in [1.165, 1.54) is 12.1 Å². The number of benzene rings is 1. The lowest BCUT2D eigenvalue weighted by Crippen LogP contribution is -2.42. The van der Waals surface area contributed by atoms with Crippen molar-refractivity contribution in [1.29, 1.82) is 0 Å². The van der Waals surface area contributed by atoms with Crippen molar-refractivity contribution >= 4 is 15.9 Å². The highest BCUT2D eigenvalue weighted by atomic mass is 79.9. The van der Waals surface area contributed by atoms with Gasteiger partial charge in [-0.1, -0.05) is 22.0 Å². The van der Waals surface area contributed by atoms with Crippen LogP contribution in [0, 0.1) is 11.6 Å². The number of hydrogen-bond donors (Lipinski definition) is 0. The first-order chi connectivity index (χ1) is 8.19. The molecule has 0 saturated carbocycles. The molecule has 2 nitrogen and oxygen atoms in total. The molecule has 0 aliphatic carbocycles. The molecule has 0 spiro atoms. The zero-order valence-electron chi connectivity index (χ0n) is 9.33. The van der Waals surface area contributed by atoms with Crippen LogP contribution < -0.4 is 0 Å². The molecule has 1 unspecified atom stereocenters. The lowest BCUT2D eigenvalue weighted by atomic mass is 10.1. The van der Waals surface area contributed by atoms with Gasteiger partial charge in [-0.15, -0.1) is 0 Å². The van der Waals surface area contributed by atoms with Crippen LogP contribution >= 0.6 is 15.9 Å². The number of rotatable bonds is 3. The summed E-state index contributed by atoms with van der Waals surface area (Å²) in [7, 11) is 0. The standard InChI is InChI=1S/C12H14BrF2NO/c13-6-11-8-16(3-4-17-11)7-9-1-2-10(14)5-12(9)15/h1-2,5,11H,3-4,6-8H2. The second kappa shape index (κ2) is 5.89. The maximum Gasteiger partial charge on any atom is 0.130 e. The Morgan fingerprint density at radius 2 is 2.24 bits per heavy atom. The molecular weight excluding hydrogens is 292 g/mol. The molecule has 94 valence electrons. The van der Waals surface area contributed by atoms with E-state index in [9.17, 15) is 8.78 Å². The summed E-state index contributed by atoms with van der Waals surface area (Å²) >= 11 is 3.37. The number of nitrogens with zero attached hydrogens (tertiary/aromatic N) is 1. The second-order valence-electron chi connectivity index (χ2n) is 4.12. The van der Waals surface area contributed by atoms with E-state index in [1.807, 2.05) is 0 Å². The lowest BCUT2D eigenvalue weighted by molar-refractivity contribution is -0.0184. The van der Waals surface area contributed by atoms with Crippen molar-refractivity contribution < 1.29 is 13.5 Å². The first-order valence-electron chi connectivity index (χ1n) is 5.53. The Morgan fingerprint density at radius 3 is 2.94 bits per heavy atom. The topological polar surface area (TPSA) is 12.5 Å². The van der Waals surface area contributed by atoms with Gasteiger partial charge in [-0.2, -0.15) is 0 Å². The smallest absolute Gasteiger partial charge is 0.130 e. The largest absolute Gasteiger partial charge is 0.375 e. The van der Waals surface area contributed by atoms with Gasteiger partial charge in [0, 0.05) is 36.6 Å². The third-order valence-electron chi connectivity index (χ3n) is 2.80. The average Bonchev–Trinajstić information content (AvgIpc) is 2.33. The van der Waals surface area contributed by atoms with Gasteiger partial charge < -0.3 is 4.74 Å². The molecule has 1 aliphatic rings. The van der Waals surface area contributed by atoms with E-state index in [2.05, 4.69) is 20.8 Å². The van der Waals surface area contributed by atoms with Crippen LogP contribution in [0.15, 0.2) is 18.2 Å². The van der Waals surface area contributed by atoms with Crippen molar-refractivity contribution in [3.05, 3.63) is 35.4 Å². The van der Waals surface area contributed by atoms with Crippen molar-refractivity contribution in [3.63, 3.8) is 0 Å². The minimum atomic E-state index is -0.536. The average molecular weight is 306 g/mol. The van der Waals surface area contributed by atoms with Gasteiger partial charge in [-0.05, 0) is 6.07 Å². The van der Waals surface area contributed by atoms with E-state index in [0.717, 1.165) is 24.5 Å². The Hall–Kier alpha value is -0.520. The fraction of sp³-hybridized carbons (Fsp3) is 0.500. The quantitative estimate of drug-likeness (QED) is 0.796. The second-order valence-corrected chi connectivity index (χ2v) is 4.77. The van der Waals surface area contributed by atoms with Crippen LogP contribution in [0.4, 0.5) is 8.78 Å². The van der Waals surface area contributed by atoms with E-state index in [-0.39, 0.29) is 6.10 Å². The molecule has 1 heterocycles. The monoisotopic (exact) mass is 305 g/mol. The van der Waals surface area contributed by atoms with Crippen LogP contribution in [0.5, 0.6) is 0 Å². The van der Waals surface area contributed by atoms with Gasteiger partial charge in [0.05, 0.1) is 12.7 Å². The Labute approximate surface area is 108 Å². The fourth-order valence-electron chi connectivity index (χ4n) is 1.91. The van der Waals surface area contributed by atoms with Gasteiger partial charge in [0.1, 0.15) is 11.6 Å². The van der Waals surface area contributed by atoms with E-state index in [0.29, 0.717) is 18.7 Å². The maximum atomic E-state index is 13.5. The van der Waals surface area contributed by atoms with Crippen LogP contribution in [0.3, 0.4) is 0 Å². The molecule has 1 aromatic rings. The van der Waals surface area contributed by atoms with E-state index in [1.54, 1.807) is 0 Å². The number of hydrogen-bond acceptors (Lipinski definition) is 2. The molecule has 1 fully saturated rings. The summed E-state index contributed by atoms with van der Waals surface area (Å²) < 4.78 is 31.7. The summed E-state index contributed by atoms with van der Waals surface area (Å²) in [5.41, 5.74) is 0.529. The molecule has 1 atom stereocenters. The summed E-state index contributed by atoms with van der Waals surface area (Å²) in [6.45, 7) is 2.69. The third-order valence-corrected chi connectivity index (χ3v) is 3.53. The minimum absolute atomic E-state index is 0.146. The molecule has 0 N–H and O–H groups in total. The van der Waals surface area contributed by atoms with E-state index < -0.39 is 11.6 Å². The molecule has 1 aromatic carbocycles.